The van der Waals surface area contributed by atoms with Crippen LogP contribution >= 0.6 is 11.3 Å². The molecule has 0 radical (unpaired) electrons. The smallest absolute Gasteiger partial charge is 0.223 e. The lowest BCUT2D eigenvalue weighted by molar-refractivity contribution is -0.135. The van der Waals surface area contributed by atoms with Crippen molar-refractivity contribution in [2.24, 2.45) is 0 Å². The van der Waals surface area contributed by atoms with Crippen LogP contribution in [0, 0.1) is 5.82 Å². The van der Waals surface area contributed by atoms with Gasteiger partial charge in [0.1, 0.15) is 17.3 Å². The summed E-state index contributed by atoms with van der Waals surface area (Å²) in [5.41, 5.74) is 2.76. The van der Waals surface area contributed by atoms with Gasteiger partial charge in [-0.25, -0.2) is 4.39 Å². The molecule has 1 N–H and O–H groups in total. The van der Waals surface area contributed by atoms with Crippen LogP contribution in [0.15, 0.2) is 53.9 Å². The number of hydrogen-bond acceptors (Lipinski definition) is 5. The van der Waals surface area contributed by atoms with Crippen LogP contribution in [0.5, 0.6) is 11.5 Å². The second-order valence-corrected chi connectivity index (χ2v) is 9.05. The number of nitrogens with zero attached hydrogens (tertiary/aromatic N) is 1. The molecule has 8 heteroatoms. The van der Waals surface area contributed by atoms with Crippen LogP contribution in [-0.4, -0.2) is 37.5 Å². The lowest BCUT2D eigenvalue weighted by Crippen LogP contribution is -2.40. The number of ether oxygens (including phenoxy) is 2. The average molecular weight is 483 g/mol. The molecule has 4 rings (SSSR count). The number of thiophene rings is 1. The third-order valence-corrected chi connectivity index (χ3v) is 7.00. The van der Waals surface area contributed by atoms with Gasteiger partial charge in [0.2, 0.25) is 11.8 Å². The Morgan fingerprint density at radius 3 is 2.62 bits per heavy atom. The summed E-state index contributed by atoms with van der Waals surface area (Å²) < 4.78 is 24.1. The number of hydrogen-bond donors (Lipinski definition) is 1. The first-order chi connectivity index (χ1) is 16.5. The molecule has 34 heavy (non-hydrogen) atoms. The summed E-state index contributed by atoms with van der Waals surface area (Å²) in [6, 6.07) is 13.4. The van der Waals surface area contributed by atoms with Crippen molar-refractivity contribution >= 4 is 23.2 Å². The number of carbonyl (C=O) groups excluding carboxylic acids is 2. The van der Waals surface area contributed by atoms with Crippen molar-refractivity contribution in [2.45, 2.75) is 31.8 Å². The normalized spacial score (nSPS) is 14.9. The summed E-state index contributed by atoms with van der Waals surface area (Å²) in [6.07, 6.45) is 0.961. The molecule has 1 aliphatic rings. The van der Waals surface area contributed by atoms with Crippen LogP contribution in [0.1, 0.15) is 40.5 Å². The quantitative estimate of drug-likeness (QED) is 0.514. The van der Waals surface area contributed by atoms with E-state index in [-0.39, 0.29) is 36.5 Å². The largest absolute Gasteiger partial charge is 0.497 e. The molecule has 1 aromatic heterocycles. The van der Waals surface area contributed by atoms with Crippen molar-refractivity contribution in [1.29, 1.82) is 0 Å². The highest BCUT2D eigenvalue weighted by Crippen LogP contribution is 2.38. The zero-order valence-corrected chi connectivity index (χ0v) is 20.0. The maximum Gasteiger partial charge on any atom is 0.223 e. The minimum Gasteiger partial charge on any atom is -0.497 e. The van der Waals surface area contributed by atoms with E-state index < -0.39 is 0 Å². The number of fused-ring (bicyclic) bond motifs is 1. The van der Waals surface area contributed by atoms with E-state index in [1.807, 2.05) is 22.4 Å². The van der Waals surface area contributed by atoms with E-state index in [2.05, 4.69) is 5.32 Å². The van der Waals surface area contributed by atoms with Crippen molar-refractivity contribution in [3.05, 3.63) is 81.3 Å². The predicted molar refractivity (Wildman–Crippen MR) is 129 cm³/mol. The maximum absolute atomic E-state index is 13.5. The molecule has 2 heterocycles. The van der Waals surface area contributed by atoms with Crippen LogP contribution in [0.2, 0.25) is 0 Å². The fourth-order valence-electron chi connectivity index (χ4n) is 4.23. The van der Waals surface area contributed by atoms with Crippen LogP contribution in [0.4, 0.5) is 4.39 Å². The van der Waals surface area contributed by atoms with E-state index in [1.165, 1.54) is 17.0 Å². The molecule has 2 amide bonds. The Kier molecular flexibility index (Phi) is 7.47. The lowest BCUT2D eigenvalue weighted by atomic mass is 9.93. The van der Waals surface area contributed by atoms with E-state index in [4.69, 9.17) is 9.47 Å². The summed E-state index contributed by atoms with van der Waals surface area (Å²) in [6.45, 7) is 0.861. The van der Waals surface area contributed by atoms with Gasteiger partial charge in [-0.15, -0.1) is 11.3 Å². The monoisotopic (exact) mass is 482 g/mol. The first kappa shape index (κ1) is 23.8. The highest BCUT2D eigenvalue weighted by atomic mass is 32.1. The van der Waals surface area contributed by atoms with Crippen molar-refractivity contribution in [2.75, 3.05) is 20.8 Å². The topological polar surface area (TPSA) is 67.9 Å². The molecular weight excluding hydrogens is 455 g/mol. The molecule has 1 unspecified atom stereocenters. The SMILES string of the molecule is COc1ccc(CNC(=O)CCC(=O)N2CCc3sccc3C2c2ccc(F)cc2)c(OC)c1. The van der Waals surface area contributed by atoms with Crippen LogP contribution < -0.4 is 14.8 Å². The van der Waals surface area contributed by atoms with Gasteiger partial charge in [-0.05, 0) is 53.3 Å². The summed E-state index contributed by atoms with van der Waals surface area (Å²) >= 11 is 1.67. The molecule has 6 nitrogen and oxygen atoms in total. The van der Waals surface area contributed by atoms with Gasteiger partial charge in [-0.1, -0.05) is 12.1 Å². The number of carbonyl (C=O) groups is 2. The minimum absolute atomic E-state index is 0.0838. The zero-order chi connectivity index (χ0) is 24.1. The van der Waals surface area contributed by atoms with Gasteiger partial charge in [-0.3, -0.25) is 9.59 Å². The van der Waals surface area contributed by atoms with E-state index in [0.717, 1.165) is 23.1 Å². The first-order valence-electron chi connectivity index (χ1n) is 11.1. The molecular formula is C26H27FN2O4S. The highest BCUT2D eigenvalue weighted by molar-refractivity contribution is 7.10. The molecule has 0 saturated heterocycles. The maximum atomic E-state index is 13.5. The van der Waals surface area contributed by atoms with Crippen molar-refractivity contribution in [1.82, 2.24) is 10.2 Å². The minimum atomic E-state index is -0.312. The summed E-state index contributed by atoms with van der Waals surface area (Å²) in [4.78, 5) is 28.7. The molecule has 3 aromatic rings. The number of halogens is 1. The predicted octanol–water partition coefficient (Wildman–Crippen LogP) is 4.48. The van der Waals surface area contributed by atoms with E-state index in [9.17, 15) is 14.0 Å². The fourth-order valence-corrected chi connectivity index (χ4v) is 5.14. The van der Waals surface area contributed by atoms with Gasteiger partial charge in [0.25, 0.3) is 0 Å². The fraction of sp³-hybridized carbons (Fsp3) is 0.308. The third-order valence-electron chi connectivity index (χ3n) is 6.01. The Hall–Kier alpha value is -3.39. The molecule has 1 atom stereocenters. The third kappa shape index (κ3) is 5.22. The number of benzene rings is 2. The van der Waals surface area contributed by atoms with Crippen molar-refractivity contribution in [3.63, 3.8) is 0 Å². The van der Waals surface area contributed by atoms with Gasteiger partial charge < -0.3 is 19.7 Å². The molecule has 1 aliphatic heterocycles. The summed E-state index contributed by atoms with van der Waals surface area (Å²) in [7, 11) is 3.14. The highest BCUT2D eigenvalue weighted by Gasteiger charge is 2.32. The van der Waals surface area contributed by atoms with E-state index >= 15 is 0 Å². The Bertz CT molecular complexity index is 1160. The van der Waals surface area contributed by atoms with Crippen LogP contribution in [0.3, 0.4) is 0 Å². The molecule has 0 spiro atoms. The Balaban J connectivity index is 1.39. The number of amides is 2. The summed E-state index contributed by atoms with van der Waals surface area (Å²) in [5.74, 6) is 0.676. The van der Waals surface area contributed by atoms with Crippen LogP contribution in [0.25, 0.3) is 0 Å². The Morgan fingerprint density at radius 2 is 1.88 bits per heavy atom. The molecule has 178 valence electrons. The van der Waals surface area contributed by atoms with Gasteiger partial charge in [0.15, 0.2) is 0 Å². The molecule has 0 aliphatic carbocycles. The van der Waals surface area contributed by atoms with E-state index in [1.54, 1.807) is 49.8 Å². The average Bonchev–Trinajstić information content (AvgIpc) is 3.35. The molecule has 0 bridgehead atoms. The van der Waals surface area contributed by atoms with Crippen LogP contribution in [-0.2, 0) is 22.6 Å². The first-order valence-corrected chi connectivity index (χ1v) is 12.0. The van der Waals surface area contributed by atoms with Crippen molar-refractivity contribution in [3.8, 4) is 11.5 Å². The lowest BCUT2D eigenvalue weighted by Gasteiger charge is -2.36. The van der Waals surface area contributed by atoms with E-state index in [0.29, 0.717) is 24.6 Å². The Morgan fingerprint density at radius 1 is 1.09 bits per heavy atom. The number of rotatable bonds is 8. The van der Waals surface area contributed by atoms with Gasteiger partial charge in [0.05, 0.1) is 20.3 Å². The molecule has 0 saturated carbocycles. The second kappa shape index (κ2) is 10.7. The molecule has 0 fully saturated rings. The second-order valence-electron chi connectivity index (χ2n) is 8.04. The zero-order valence-electron chi connectivity index (χ0n) is 19.2. The number of nitrogens with one attached hydrogen (secondary N) is 1. The van der Waals surface area contributed by atoms with Gasteiger partial charge >= 0.3 is 0 Å². The van der Waals surface area contributed by atoms with Crippen molar-refractivity contribution < 1.29 is 23.5 Å². The number of methoxy groups -OCH3 is 2. The Labute approximate surface area is 202 Å². The van der Waals surface area contributed by atoms with Gasteiger partial charge in [0, 0.05) is 42.4 Å². The standard InChI is InChI=1S/C26H27FN2O4S/c1-32-20-8-5-18(22(15-20)33-2)16-28-24(30)9-10-25(31)29-13-11-23-21(12-14-34-23)26(29)17-3-6-19(27)7-4-17/h3-8,12,14-15,26H,9-11,13,16H2,1-2H3,(H,28,30). The summed E-state index contributed by atoms with van der Waals surface area (Å²) in [5, 5.41) is 4.88. The molecule has 2 aromatic carbocycles. The van der Waals surface area contributed by atoms with Gasteiger partial charge in [-0.2, -0.15) is 0 Å².